The zero-order valence-electron chi connectivity index (χ0n) is 22.0. The van der Waals surface area contributed by atoms with E-state index in [4.69, 9.17) is 9.47 Å². The van der Waals surface area contributed by atoms with Crippen molar-refractivity contribution in [1.29, 1.82) is 0 Å². The minimum Gasteiger partial charge on any atom is -0.497 e. The summed E-state index contributed by atoms with van der Waals surface area (Å²) < 4.78 is 11.8. The molecule has 1 aliphatic heterocycles. The van der Waals surface area contributed by atoms with E-state index in [0.717, 1.165) is 54.8 Å². The van der Waals surface area contributed by atoms with Crippen LogP contribution in [0.4, 0.5) is 0 Å². The van der Waals surface area contributed by atoms with Crippen LogP contribution in [0.5, 0.6) is 5.75 Å². The Morgan fingerprint density at radius 3 is 2.65 bits per heavy atom. The highest BCUT2D eigenvalue weighted by molar-refractivity contribution is 5.98. The highest BCUT2D eigenvalue weighted by Crippen LogP contribution is 2.51. The van der Waals surface area contributed by atoms with Crippen molar-refractivity contribution in [3.05, 3.63) is 77.9 Å². The zero-order chi connectivity index (χ0) is 25.4. The fourth-order valence-corrected chi connectivity index (χ4v) is 6.99. The maximum Gasteiger partial charge on any atom is 0.251 e. The van der Waals surface area contributed by atoms with Crippen LogP contribution in [0.2, 0.25) is 0 Å². The average Bonchev–Trinajstić information content (AvgIpc) is 3.76. The molecule has 0 aromatic heterocycles. The first kappa shape index (κ1) is 24.4. The molecule has 5 nitrogen and oxygen atoms in total. The third-order valence-corrected chi connectivity index (χ3v) is 9.12. The third kappa shape index (κ3) is 4.87. The van der Waals surface area contributed by atoms with E-state index in [1.54, 1.807) is 7.11 Å². The second-order valence-electron chi connectivity index (χ2n) is 11.4. The van der Waals surface area contributed by atoms with Crippen molar-refractivity contribution in [2.24, 2.45) is 11.8 Å². The van der Waals surface area contributed by atoms with Gasteiger partial charge in [-0.1, -0.05) is 42.5 Å². The fourth-order valence-electron chi connectivity index (χ4n) is 6.99. The Labute approximate surface area is 220 Å². The van der Waals surface area contributed by atoms with Crippen LogP contribution in [0.3, 0.4) is 0 Å². The number of benzene rings is 3. The number of carbonyl (C=O) groups excluding carboxylic acids is 1. The van der Waals surface area contributed by atoms with Gasteiger partial charge in [-0.05, 0) is 85.2 Å². The van der Waals surface area contributed by atoms with E-state index in [0.29, 0.717) is 11.5 Å². The number of nitrogens with one attached hydrogen (secondary N) is 1. The lowest BCUT2D eigenvalue weighted by molar-refractivity contribution is -0.0678. The predicted octanol–water partition coefficient (Wildman–Crippen LogP) is 5.43. The number of rotatable bonds is 7. The molecule has 2 saturated carbocycles. The number of fused-ring (bicyclic) bond motifs is 2. The highest BCUT2D eigenvalue weighted by atomic mass is 16.5. The molecule has 1 heterocycles. The lowest BCUT2D eigenvalue weighted by Gasteiger charge is -2.55. The molecule has 4 unspecified atom stereocenters. The number of hydrogen-bond acceptors (Lipinski definition) is 4. The van der Waals surface area contributed by atoms with Crippen molar-refractivity contribution in [1.82, 2.24) is 10.2 Å². The summed E-state index contributed by atoms with van der Waals surface area (Å²) in [6.45, 7) is 3.35. The summed E-state index contributed by atoms with van der Waals surface area (Å²) in [7, 11) is 3.58. The summed E-state index contributed by atoms with van der Waals surface area (Å²) >= 11 is 0. The van der Waals surface area contributed by atoms with E-state index in [2.05, 4.69) is 40.5 Å². The monoisotopic (exact) mass is 498 g/mol. The van der Waals surface area contributed by atoms with Gasteiger partial charge in [0.1, 0.15) is 5.75 Å². The van der Waals surface area contributed by atoms with Crippen molar-refractivity contribution >= 4 is 16.7 Å². The topological polar surface area (TPSA) is 50.8 Å². The van der Waals surface area contributed by atoms with Crippen LogP contribution in [0, 0.1) is 11.8 Å². The molecule has 1 N–H and O–H groups in total. The summed E-state index contributed by atoms with van der Waals surface area (Å²) in [5.41, 5.74) is 1.97. The number of nitrogens with zero attached hydrogens (tertiary/aromatic N) is 1. The van der Waals surface area contributed by atoms with Gasteiger partial charge >= 0.3 is 0 Å². The van der Waals surface area contributed by atoms with Gasteiger partial charge in [0.15, 0.2) is 0 Å². The molecule has 6 rings (SSSR count). The van der Waals surface area contributed by atoms with Crippen LogP contribution in [0.25, 0.3) is 10.8 Å². The fraction of sp³-hybridized carbons (Fsp3) is 0.469. The third-order valence-electron chi connectivity index (χ3n) is 9.12. The van der Waals surface area contributed by atoms with Gasteiger partial charge < -0.3 is 19.7 Å². The number of amides is 1. The van der Waals surface area contributed by atoms with Gasteiger partial charge in [-0.25, -0.2) is 0 Å². The Kier molecular flexibility index (Phi) is 6.68. The normalized spacial score (nSPS) is 28.0. The number of piperidine rings is 1. The van der Waals surface area contributed by atoms with Gasteiger partial charge in [0.25, 0.3) is 5.91 Å². The van der Waals surface area contributed by atoms with Crippen LogP contribution >= 0.6 is 0 Å². The number of likely N-dealkylation sites (tertiary alicyclic amines) is 1. The highest BCUT2D eigenvalue weighted by Gasteiger charge is 2.53. The van der Waals surface area contributed by atoms with Crippen LogP contribution < -0.4 is 10.1 Å². The number of carbonyl (C=O) groups is 1. The predicted molar refractivity (Wildman–Crippen MR) is 147 cm³/mol. The van der Waals surface area contributed by atoms with Gasteiger partial charge in [0, 0.05) is 43.1 Å². The molecule has 1 amide bonds. The Morgan fingerprint density at radius 1 is 1.03 bits per heavy atom. The molecule has 4 atom stereocenters. The Hall–Kier alpha value is -2.89. The van der Waals surface area contributed by atoms with E-state index < -0.39 is 0 Å². The number of methoxy groups -OCH3 is 2. The van der Waals surface area contributed by atoms with Crippen molar-refractivity contribution in [2.45, 2.75) is 49.7 Å². The van der Waals surface area contributed by atoms with Gasteiger partial charge in [-0.2, -0.15) is 0 Å². The summed E-state index contributed by atoms with van der Waals surface area (Å²) in [6, 6.07) is 22.8. The maximum absolute atomic E-state index is 13.5. The largest absolute Gasteiger partial charge is 0.497 e. The minimum absolute atomic E-state index is 0.00369. The molecule has 3 fully saturated rings. The first-order valence-corrected chi connectivity index (χ1v) is 13.8. The minimum atomic E-state index is -0.0607. The summed E-state index contributed by atoms with van der Waals surface area (Å²) in [6.07, 6.45) is 5.66. The average molecular weight is 499 g/mol. The Balaban J connectivity index is 1.29. The van der Waals surface area contributed by atoms with Crippen LogP contribution in [-0.2, 0) is 10.2 Å². The van der Waals surface area contributed by atoms with E-state index in [-0.39, 0.29) is 23.5 Å². The van der Waals surface area contributed by atoms with Crippen LogP contribution in [0.15, 0.2) is 66.7 Å². The van der Waals surface area contributed by atoms with Gasteiger partial charge in [-0.15, -0.1) is 0 Å². The lowest BCUT2D eigenvalue weighted by Crippen LogP contribution is -2.61. The van der Waals surface area contributed by atoms with Gasteiger partial charge in [0.2, 0.25) is 0 Å². The summed E-state index contributed by atoms with van der Waals surface area (Å²) in [5.74, 6) is 2.15. The van der Waals surface area contributed by atoms with Crippen LogP contribution in [-0.4, -0.2) is 56.8 Å². The van der Waals surface area contributed by atoms with Gasteiger partial charge in [-0.3, -0.25) is 4.79 Å². The summed E-state index contributed by atoms with van der Waals surface area (Å²) in [5, 5.41) is 5.64. The molecule has 0 radical (unpaired) electrons. The molecule has 3 aliphatic rings. The molecule has 1 saturated heterocycles. The molecule has 3 aromatic carbocycles. The summed E-state index contributed by atoms with van der Waals surface area (Å²) in [4.78, 5) is 16.1. The van der Waals surface area contributed by atoms with Crippen molar-refractivity contribution in [3.8, 4) is 5.75 Å². The van der Waals surface area contributed by atoms with E-state index >= 15 is 0 Å². The molecule has 3 aromatic rings. The van der Waals surface area contributed by atoms with E-state index in [9.17, 15) is 4.79 Å². The molecule has 37 heavy (non-hydrogen) atoms. The molecular weight excluding hydrogens is 460 g/mol. The molecular formula is C32H38N2O3. The standard InChI is InChI=1S/C32H38N2O3/c1-36-28-9-5-8-26(17-28)32-14-15-34(20-22-10-11-22)21-29(32)30(37-2)18-27(19-32)33-31(35)25-13-12-23-6-3-4-7-24(23)16-25/h3-9,12-13,16-17,22,27,29-30H,10-11,14-15,18-21H2,1-2H3,(H,33,35). The SMILES string of the molecule is COc1cccc(C23CCN(CC4CC4)CC2C(OC)CC(NC(=O)c2ccc4ccccc4c2)C3)c1. The molecule has 0 spiro atoms. The molecule has 194 valence electrons. The first-order valence-electron chi connectivity index (χ1n) is 13.8. The second-order valence-corrected chi connectivity index (χ2v) is 11.4. The number of hydrogen-bond donors (Lipinski definition) is 1. The van der Waals surface area contributed by atoms with E-state index in [1.165, 1.54) is 24.9 Å². The number of ether oxygens (including phenoxy) is 2. The Morgan fingerprint density at radius 2 is 1.86 bits per heavy atom. The van der Waals surface area contributed by atoms with E-state index in [1.807, 2.05) is 43.5 Å². The molecule has 0 bridgehead atoms. The second kappa shape index (κ2) is 10.1. The smallest absolute Gasteiger partial charge is 0.251 e. The first-order chi connectivity index (χ1) is 18.1. The van der Waals surface area contributed by atoms with Crippen molar-refractivity contribution in [2.75, 3.05) is 33.9 Å². The maximum atomic E-state index is 13.5. The Bertz CT molecular complexity index is 1270. The quantitative estimate of drug-likeness (QED) is 0.472. The molecule has 2 aliphatic carbocycles. The van der Waals surface area contributed by atoms with Gasteiger partial charge in [0.05, 0.1) is 13.2 Å². The zero-order valence-corrected chi connectivity index (χ0v) is 22.0. The lowest BCUT2D eigenvalue weighted by atomic mass is 9.57. The van der Waals surface area contributed by atoms with Crippen LogP contribution in [0.1, 0.15) is 48.0 Å². The molecule has 5 heteroatoms. The van der Waals surface area contributed by atoms with Crippen molar-refractivity contribution in [3.63, 3.8) is 0 Å². The van der Waals surface area contributed by atoms with Crippen molar-refractivity contribution < 1.29 is 14.3 Å².